The zero-order valence-corrected chi connectivity index (χ0v) is 16.7. The summed E-state index contributed by atoms with van der Waals surface area (Å²) in [5, 5.41) is 0. The number of ether oxygens (including phenoxy) is 1. The first-order valence-corrected chi connectivity index (χ1v) is 9.08. The molecule has 0 heterocycles. The molecule has 0 rings (SSSR count). The Morgan fingerprint density at radius 2 is 1.62 bits per heavy atom. The highest BCUT2D eigenvalue weighted by Crippen LogP contribution is 2.28. The number of carbonyl (C=O) groups is 2. The predicted octanol–water partition coefficient (Wildman–Crippen LogP) is 5.03. The zero-order valence-electron chi connectivity index (χ0n) is 16.7. The van der Waals surface area contributed by atoms with Crippen LogP contribution in [-0.4, -0.2) is 17.7 Å². The molecule has 142 valence electrons. The summed E-state index contributed by atoms with van der Waals surface area (Å²) in [6, 6.07) is 0. The van der Waals surface area contributed by atoms with Gasteiger partial charge in [0.15, 0.2) is 0 Å². The molecule has 0 bridgehead atoms. The van der Waals surface area contributed by atoms with Crippen molar-refractivity contribution in [3.05, 3.63) is 0 Å². The monoisotopic (exact) mass is 344 g/mol. The molecule has 24 heavy (non-hydrogen) atoms. The molecule has 0 aliphatic carbocycles. The maximum atomic E-state index is 12.2. The summed E-state index contributed by atoms with van der Waals surface area (Å²) in [6.45, 7) is 15.0. The smallest absolute Gasteiger partial charge is 0.345 e. The van der Waals surface area contributed by atoms with Gasteiger partial charge in [-0.05, 0) is 39.5 Å². The Hall–Kier alpha value is -1.10. The molecule has 0 N–H and O–H groups in total. The van der Waals surface area contributed by atoms with Crippen molar-refractivity contribution in [3.8, 4) is 0 Å². The highest BCUT2D eigenvalue weighted by atomic mass is 17.2. The van der Waals surface area contributed by atoms with Crippen LogP contribution in [0.5, 0.6) is 0 Å². The summed E-state index contributed by atoms with van der Waals surface area (Å²) < 4.78 is 5.52. The van der Waals surface area contributed by atoms with Crippen molar-refractivity contribution in [1.29, 1.82) is 0 Å². The van der Waals surface area contributed by atoms with Gasteiger partial charge >= 0.3 is 11.9 Å². The molecule has 0 aromatic rings. The van der Waals surface area contributed by atoms with E-state index < -0.39 is 17.2 Å². The van der Waals surface area contributed by atoms with Crippen LogP contribution in [0.3, 0.4) is 0 Å². The van der Waals surface area contributed by atoms with Gasteiger partial charge in [-0.25, -0.2) is 4.79 Å². The van der Waals surface area contributed by atoms with E-state index >= 15 is 0 Å². The van der Waals surface area contributed by atoms with Crippen LogP contribution in [0.2, 0.25) is 0 Å². The second-order valence-corrected chi connectivity index (χ2v) is 8.10. The lowest BCUT2D eigenvalue weighted by Crippen LogP contribution is -2.41. The topological polar surface area (TPSA) is 61.8 Å². The van der Waals surface area contributed by atoms with E-state index in [0.29, 0.717) is 12.8 Å². The van der Waals surface area contributed by atoms with E-state index in [2.05, 4.69) is 6.92 Å². The zero-order chi connectivity index (χ0) is 19.0. The Kier molecular flexibility index (Phi) is 9.56. The van der Waals surface area contributed by atoms with Gasteiger partial charge in [-0.3, -0.25) is 9.68 Å². The molecular formula is C19H36O5. The molecule has 0 fully saturated rings. The summed E-state index contributed by atoms with van der Waals surface area (Å²) in [7, 11) is 0. The molecule has 0 amide bonds. The molecule has 0 radical (unpaired) electrons. The van der Waals surface area contributed by atoms with Crippen LogP contribution < -0.4 is 0 Å². The second kappa shape index (κ2) is 10.0. The van der Waals surface area contributed by atoms with E-state index in [4.69, 9.17) is 14.5 Å². The minimum absolute atomic E-state index is 0.188. The molecule has 0 aliphatic heterocycles. The Bertz CT molecular complexity index is 397. The fraction of sp³-hybridized carbons (Fsp3) is 0.895. The molecule has 5 nitrogen and oxygen atoms in total. The first kappa shape index (κ1) is 22.9. The molecule has 5 heteroatoms. The van der Waals surface area contributed by atoms with Crippen LogP contribution in [0.4, 0.5) is 0 Å². The molecule has 0 aliphatic rings. The van der Waals surface area contributed by atoms with E-state index in [1.807, 2.05) is 20.8 Å². The van der Waals surface area contributed by atoms with Gasteiger partial charge in [0, 0.05) is 13.3 Å². The van der Waals surface area contributed by atoms with E-state index in [1.54, 1.807) is 27.7 Å². The van der Waals surface area contributed by atoms with Crippen molar-refractivity contribution in [1.82, 2.24) is 0 Å². The number of hydrogen-bond donors (Lipinski definition) is 0. The third kappa shape index (κ3) is 8.67. The van der Waals surface area contributed by atoms with E-state index in [9.17, 15) is 9.59 Å². The molecule has 0 saturated heterocycles. The highest BCUT2D eigenvalue weighted by Gasteiger charge is 2.38. The van der Waals surface area contributed by atoms with Gasteiger partial charge < -0.3 is 4.74 Å². The maximum absolute atomic E-state index is 12.2. The first-order valence-electron chi connectivity index (χ1n) is 9.08. The number of esters is 1. The molecule has 0 spiro atoms. The standard InChI is InChI=1S/C19H36O5/c1-9-11-12-15(10-2)16(20)23-24-19(8,13-14(3)4)22-17(21)18(5,6)7/h14-15H,9-13H2,1-8H3. The summed E-state index contributed by atoms with van der Waals surface area (Å²) in [5.74, 6) is -2.04. The van der Waals surface area contributed by atoms with Crippen molar-refractivity contribution in [3.63, 3.8) is 0 Å². The third-order valence-electron chi connectivity index (χ3n) is 3.73. The summed E-state index contributed by atoms with van der Waals surface area (Å²) in [6.07, 6.45) is 3.91. The van der Waals surface area contributed by atoms with Crippen molar-refractivity contribution in [2.75, 3.05) is 0 Å². The normalized spacial score (nSPS) is 15.7. The number of unbranched alkanes of at least 4 members (excludes halogenated alkanes) is 1. The van der Waals surface area contributed by atoms with E-state index in [0.717, 1.165) is 19.3 Å². The second-order valence-electron chi connectivity index (χ2n) is 8.10. The van der Waals surface area contributed by atoms with Gasteiger partial charge in [-0.2, -0.15) is 0 Å². The fourth-order valence-corrected chi connectivity index (χ4v) is 2.32. The Morgan fingerprint density at radius 3 is 2.04 bits per heavy atom. The van der Waals surface area contributed by atoms with Crippen LogP contribution >= 0.6 is 0 Å². The van der Waals surface area contributed by atoms with Crippen molar-refractivity contribution < 1.29 is 24.1 Å². The Morgan fingerprint density at radius 1 is 1.04 bits per heavy atom. The number of carbonyl (C=O) groups excluding carboxylic acids is 2. The molecule has 0 aromatic heterocycles. The van der Waals surface area contributed by atoms with Crippen LogP contribution in [0, 0.1) is 17.3 Å². The van der Waals surface area contributed by atoms with Crippen molar-refractivity contribution in [2.45, 2.75) is 93.3 Å². The Balaban J connectivity index is 4.89. The molecule has 0 saturated carbocycles. The van der Waals surface area contributed by atoms with E-state index in [1.165, 1.54) is 0 Å². The summed E-state index contributed by atoms with van der Waals surface area (Å²) in [4.78, 5) is 34.8. The van der Waals surface area contributed by atoms with Gasteiger partial charge in [-0.1, -0.05) is 40.5 Å². The summed E-state index contributed by atoms with van der Waals surface area (Å²) in [5.41, 5.74) is -0.654. The lowest BCUT2D eigenvalue weighted by Gasteiger charge is -2.32. The highest BCUT2D eigenvalue weighted by molar-refractivity contribution is 5.75. The molecular weight excluding hydrogens is 308 g/mol. The van der Waals surface area contributed by atoms with Crippen LogP contribution in [0.25, 0.3) is 0 Å². The minimum atomic E-state index is -1.28. The minimum Gasteiger partial charge on any atom is -0.429 e. The van der Waals surface area contributed by atoms with E-state index in [-0.39, 0.29) is 17.8 Å². The predicted molar refractivity (Wildman–Crippen MR) is 93.9 cm³/mol. The van der Waals surface area contributed by atoms with Gasteiger partial charge in [0.2, 0.25) is 0 Å². The van der Waals surface area contributed by atoms with Gasteiger partial charge in [-0.15, -0.1) is 4.89 Å². The van der Waals surface area contributed by atoms with Gasteiger partial charge in [0.25, 0.3) is 5.79 Å². The quantitative estimate of drug-likeness (QED) is 0.241. The summed E-state index contributed by atoms with van der Waals surface area (Å²) >= 11 is 0. The van der Waals surface area contributed by atoms with Crippen molar-refractivity contribution in [2.24, 2.45) is 17.3 Å². The van der Waals surface area contributed by atoms with Crippen LogP contribution in [0.1, 0.15) is 87.5 Å². The first-order chi connectivity index (χ1) is 10.9. The maximum Gasteiger partial charge on any atom is 0.345 e. The SMILES string of the molecule is CCCCC(CC)C(=O)OOC(C)(CC(C)C)OC(=O)C(C)(C)C. The molecule has 2 atom stereocenters. The lowest BCUT2D eigenvalue weighted by molar-refractivity contribution is -0.394. The average molecular weight is 344 g/mol. The number of rotatable bonds is 10. The fourth-order valence-electron chi connectivity index (χ4n) is 2.32. The third-order valence-corrected chi connectivity index (χ3v) is 3.73. The average Bonchev–Trinajstić information content (AvgIpc) is 2.44. The Labute approximate surface area is 147 Å². The van der Waals surface area contributed by atoms with Gasteiger partial charge in [0.1, 0.15) is 0 Å². The van der Waals surface area contributed by atoms with Crippen LogP contribution in [-0.2, 0) is 24.1 Å². The van der Waals surface area contributed by atoms with Gasteiger partial charge in [0.05, 0.1) is 11.3 Å². The molecule has 2 unspecified atom stereocenters. The lowest BCUT2D eigenvalue weighted by atomic mass is 9.96. The van der Waals surface area contributed by atoms with Crippen molar-refractivity contribution >= 4 is 11.9 Å². The number of hydrogen-bond acceptors (Lipinski definition) is 5. The van der Waals surface area contributed by atoms with Crippen LogP contribution in [0.15, 0.2) is 0 Å². The molecule has 0 aromatic carbocycles. The largest absolute Gasteiger partial charge is 0.429 e.